The molecule has 0 saturated carbocycles. The van der Waals surface area contributed by atoms with Gasteiger partial charge in [-0.3, -0.25) is 9.59 Å². The van der Waals surface area contributed by atoms with Gasteiger partial charge in [-0.05, 0) is 16.8 Å². The number of hydrogen-bond donors (Lipinski definition) is 1. The van der Waals surface area contributed by atoms with E-state index in [0.717, 1.165) is 0 Å². The second-order valence-corrected chi connectivity index (χ2v) is 3.08. The number of ether oxygens (including phenoxy) is 1. The van der Waals surface area contributed by atoms with E-state index in [4.69, 9.17) is 5.11 Å². The molecule has 0 spiro atoms. The van der Waals surface area contributed by atoms with Crippen molar-refractivity contribution in [3.8, 4) is 0 Å². The second kappa shape index (κ2) is 5.79. The Morgan fingerprint density at radius 3 is 2.88 bits per heavy atom. The van der Waals surface area contributed by atoms with Gasteiger partial charge >= 0.3 is 11.9 Å². The third kappa shape index (κ3) is 3.64. The first-order chi connectivity index (χ1) is 7.63. The fourth-order valence-electron chi connectivity index (χ4n) is 1.11. The molecule has 0 fully saturated rings. The number of rotatable bonds is 6. The first-order valence-corrected chi connectivity index (χ1v) is 4.67. The van der Waals surface area contributed by atoms with Crippen molar-refractivity contribution in [2.45, 2.75) is 25.8 Å². The number of carbonyl (C=O) groups excluding carboxylic acids is 1. The normalized spacial score (nSPS) is 10.1. The molecule has 0 aromatic carbocycles. The van der Waals surface area contributed by atoms with E-state index >= 15 is 0 Å². The minimum Gasteiger partial charge on any atom is -0.481 e. The van der Waals surface area contributed by atoms with Crippen molar-refractivity contribution in [1.82, 2.24) is 20.2 Å². The Balaban J connectivity index is 2.50. The number of tetrazole rings is 1. The smallest absolute Gasteiger partial charge is 0.327 e. The van der Waals surface area contributed by atoms with Crippen molar-refractivity contribution in [2.75, 3.05) is 7.11 Å². The molecule has 0 aliphatic rings. The van der Waals surface area contributed by atoms with Crippen molar-refractivity contribution < 1.29 is 19.4 Å². The van der Waals surface area contributed by atoms with E-state index in [1.165, 1.54) is 11.8 Å². The summed E-state index contributed by atoms with van der Waals surface area (Å²) in [6, 6.07) is 0. The van der Waals surface area contributed by atoms with Crippen LogP contribution in [0.2, 0.25) is 0 Å². The molecule has 1 aromatic rings. The van der Waals surface area contributed by atoms with Gasteiger partial charge in [0.05, 0.1) is 7.11 Å². The van der Waals surface area contributed by atoms with Crippen molar-refractivity contribution in [2.24, 2.45) is 0 Å². The SMILES string of the molecule is COC(=O)Cn1nnnc1CCCC(=O)O. The highest BCUT2D eigenvalue weighted by atomic mass is 16.5. The van der Waals surface area contributed by atoms with Gasteiger partial charge in [-0.25, -0.2) is 4.68 Å². The van der Waals surface area contributed by atoms with E-state index in [1.54, 1.807) is 0 Å². The van der Waals surface area contributed by atoms with Gasteiger partial charge in [-0.2, -0.15) is 0 Å². The van der Waals surface area contributed by atoms with Gasteiger partial charge in [0, 0.05) is 12.8 Å². The van der Waals surface area contributed by atoms with Crippen LogP contribution in [0.25, 0.3) is 0 Å². The summed E-state index contributed by atoms with van der Waals surface area (Å²) in [7, 11) is 1.27. The summed E-state index contributed by atoms with van der Waals surface area (Å²) in [5.41, 5.74) is 0. The quantitative estimate of drug-likeness (QED) is 0.638. The maximum Gasteiger partial charge on any atom is 0.327 e. The number of aromatic nitrogens is 4. The Kier molecular flexibility index (Phi) is 4.37. The predicted molar refractivity (Wildman–Crippen MR) is 50.4 cm³/mol. The van der Waals surface area contributed by atoms with Crippen LogP contribution in [0.5, 0.6) is 0 Å². The predicted octanol–water partition coefficient (Wildman–Crippen LogP) is -0.747. The van der Waals surface area contributed by atoms with Crippen LogP contribution in [0, 0.1) is 0 Å². The third-order valence-corrected chi connectivity index (χ3v) is 1.90. The summed E-state index contributed by atoms with van der Waals surface area (Å²) in [6.45, 7) is -0.0636. The molecule has 0 radical (unpaired) electrons. The molecular formula is C8H12N4O4. The monoisotopic (exact) mass is 228 g/mol. The van der Waals surface area contributed by atoms with Crippen LogP contribution in [0.3, 0.4) is 0 Å². The Morgan fingerprint density at radius 2 is 2.25 bits per heavy atom. The summed E-state index contributed by atoms with van der Waals surface area (Å²) in [4.78, 5) is 21.3. The lowest BCUT2D eigenvalue weighted by molar-refractivity contribution is -0.141. The van der Waals surface area contributed by atoms with Crippen LogP contribution in [-0.2, 0) is 27.3 Å². The Bertz CT molecular complexity index is 376. The number of carbonyl (C=O) groups is 2. The average molecular weight is 228 g/mol. The fourth-order valence-corrected chi connectivity index (χ4v) is 1.11. The first kappa shape index (κ1) is 12.1. The van der Waals surface area contributed by atoms with Crippen LogP contribution in [-0.4, -0.2) is 44.4 Å². The van der Waals surface area contributed by atoms with Crippen LogP contribution in [0.15, 0.2) is 0 Å². The van der Waals surface area contributed by atoms with Gasteiger partial charge in [-0.15, -0.1) is 5.10 Å². The van der Waals surface area contributed by atoms with Crippen molar-refractivity contribution in [3.63, 3.8) is 0 Å². The van der Waals surface area contributed by atoms with Gasteiger partial charge in [0.2, 0.25) is 0 Å². The number of aryl methyl sites for hydroxylation is 1. The first-order valence-electron chi connectivity index (χ1n) is 4.67. The number of aliphatic carboxylic acids is 1. The number of nitrogens with zero attached hydrogens (tertiary/aromatic N) is 4. The number of methoxy groups -OCH3 is 1. The topological polar surface area (TPSA) is 107 Å². The third-order valence-electron chi connectivity index (χ3n) is 1.90. The zero-order chi connectivity index (χ0) is 12.0. The highest BCUT2D eigenvalue weighted by Crippen LogP contribution is 2.00. The number of esters is 1. The maximum absolute atomic E-state index is 11.0. The molecule has 0 aliphatic heterocycles. The van der Waals surface area contributed by atoms with Crippen LogP contribution in [0.1, 0.15) is 18.7 Å². The number of carboxylic acid groups (broad SMARTS) is 1. The largest absolute Gasteiger partial charge is 0.481 e. The molecule has 0 atom stereocenters. The van der Waals surface area contributed by atoms with E-state index in [1.807, 2.05) is 0 Å². The molecule has 88 valence electrons. The van der Waals surface area contributed by atoms with E-state index < -0.39 is 11.9 Å². The second-order valence-electron chi connectivity index (χ2n) is 3.08. The van der Waals surface area contributed by atoms with E-state index in [2.05, 4.69) is 20.3 Å². The lowest BCUT2D eigenvalue weighted by Gasteiger charge is -2.01. The summed E-state index contributed by atoms with van der Waals surface area (Å²) < 4.78 is 5.77. The molecule has 1 aromatic heterocycles. The van der Waals surface area contributed by atoms with Gasteiger partial charge in [-0.1, -0.05) is 0 Å². The zero-order valence-corrected chi connectivity index (χ0v) is 8.79. The summed E-state index contributed by atoms with van der Waals surface area (Å²) in [6.07, 6.45) is 0.887. The summed E-state index contributed by atoms with van der Waals surface area (Å²) in [5.74, 6) is -0.842. The fraction of sp³-hybridized carbons (Fsp3) is 0.625. The van der Waals surface area contributed by atoms with Gasteiger partial charge in [0.15, 0.2) is 5.82 Å². The van der Waals surface area contributed by atoms with E-state index in [0.29, 0.717) is 18.7 Å². The summed E-state index contributed by atoms with van der Waals surface area (Å²) >= 11 is 0. The van der Waals surface area contributed by atoms with Gasteiger partial charge in [0.25, 0.3) is 0 Å². The Hall–Kier alpha value is -1.99. The van der Waals surface area contributed by atoms with Crippen LogP contribution < -0.4 is 0 Å². The molecule has 1 heterocycles. The summed E-state index contributed by atoms with van der Waals surface area (Å²) in [5, 5.41) is 19.2. The molecule has 0 aliphatic carbocycles. The molecule has 1 N–H and O–H groups in total. The Labute approximate surface area is 91.2 Å². The minimum absolute atomic E-state index is 0.0467. The molecule has 0 saturated heterocycles. The van der Waals surface area contributed by atoms with Crippen molar-refractivity contribution >= 4 is 11.9 Å². The molecule has 0 amide bonds. The highest BCUT2D eigenvalue weighted by molar-refractivity contribution is 5.68. The van der Waals surface area contributed by atoms with E-state index in [9.17, 15) is 9.59 Å². The van der Waals surface area contributed by atoms with Crippen molar-refractivity contribution in [3.05, 3.63) is 5.82 Å². The molecule has 0 bridgehead atoms. The number of hydrogen-bond acceptors (Lipinski definition) is 6. The Morgan fingerprint density at radius 1 is 1.50 bits per heavy atom. The molecule has 1 rings (SSSR count). The van der Waals surface area contributed by atoms with E-state index in [-0.39, 0.29) is 13.0 Å². The molecule has 8 nitrogen and oxygen atoms in total. The lowest BCUT2D eigenvalue weighted by atomic mass is 10.2. The number of carboxylic acids is 1. The lowest BCUT2D eigenvalue weighted by Crippen LogP contribution is -2.15. The molecular weight excluding hydrogens is 216 g/mol. The molecule has 16 heavy (non-hydrogen) atoms. The highest BCUT2D eigenvalue weighted by Gasteiger charge is 2.10. The average Bonchev–Trinajstić information content (AvgIpc) is 2.65. The van der Waals surface area contributed by atoms with Crippen LogP contribution in [0.4, 0.5) is 0 Å². The molecule has 8 heteroatoms. The van der Waals surface area contributed by atoms with Gasteiger partial charge in [0.1, 0.15) is 6.54 Å². The zero-order valence-electron chi connectivity index (χ0n) is 8.79. The van der Waals surface area contributed by atoms with Crippen LogP contribution >= 0.6 is 0 Å². The maximum atomic E-state index is 11.0. The standard InChI is InChI=1S/C8H12N4O4/c1-16-8(15)5-12-6(9-10-11-12)3-2-4-7(13)14/h2-5H2,1H3,(H,13,14). The van der Waals surface area contributed by atoms with Gasteiger partial charge < -0.3 is 9.84 Å². The van der Waals surface area contributed by atoms with Crippen molar-refractivity contribution in [1.29, 1.82) is 0 Å². The minimum atomic E-state index is -0.869. The molecule has 0 unspecified atom stereocenters.